The summed E-state index contributed by atoms with van der Waals surface area (Å²) in [6, 6.07) is 14.7. The van der Waals surface area contributed by atoms with Crippen molar-refractivity contribution in [1.29, 1.82) is 0 Å². The van der Waals surface area contributed by atoms with Crippen molar-refractivity contribution < 1.29 is 86.2 Å². The van der Waals surface area contributed by atoms with E-state index in [1.807, 2.05) is 30.3 Å². The van der Waals surface area contributed by atoms with Gasteiger partial charge < -0.3 is 38.1 Å². The quantitative estimate of drug-likeness (QED) is 0.0208. The van der Waals surface area contributed by atoms with Crippen LogP contribution in [-0.4, -0.2) is 103 Å². The lowest BCUT2D eigenvalue weighted by Gasteiger charge is -2.61. The zero-order valence-corrected chi connectivity index (χ0v) is 52.7. The molecule has 5 aliphatic rings. The minimum atomic E-state index is -1.15. The maximum atomic E-state index is 11.9. The van der Waals surface area contributed by atoms with Gasteiger partial charge in [0, 0.05) is 98.4 Å². The molecule has 5 heterocycles. The first-order valence-electron chi connectivity index (χ1n) is 31.0. The van der Waals surface area contributed by atoms with Crippen LogP contribution >= 0.6 is 0 Å². The highest BCUT2D eigenvalue weighted by atomic mass is 17.3. The summed E-state index contributed by atoms with van der Waals surface area (Å²) >= 11 is 0. The molecule has 476 valence electrons. The molecule has 0 aromatic heterocycles. The van der Waals surface area contributed by atoms with Gasteiger partial charge in [0.1, 0.15) is 17.3 Å². The second kappa shape index (κ2) is 31.2. The van der Waals surface area contributed by atoms with E-state index in [-0.39, 0.29) is 60.7 Å². The highest BCUT2D eigenvalue weighted by molar-refractivity contribution is 6.02. The van der Waals surface area contributed by atoms with Gasteiger partial charge in [0.2, 0.25) is 0 Å². The fourth-order valence-corrected chi connectivity index (χ4v) is 12.5. The molecule has 20 heteroatoms. The molecule has 2 aromatic carbocycles. The number of carbonyl (C=O) groups excluding carboxylic acids is 8. The fraction of sp³-hybridized carbons (Fsp3) is 0.667. The van der Waals surface area contributed by atoms with Gasteiger partial charge in [0.05, 0.1) is 26.4 Å². The Bertz CT molecular complexity index is 2700. The van der Waals surface area contributed by atoms with Crippen molar-refractivity contribution in [2.75, 3.05) is 39.6 Å². The summed E-state index contributed by atoms with van der Waals surface area (Å²) in [6.45, 7) is 23.4. The van der Waals surface area contributed by atoms with Crippen LogP contribution in [0, 0.1) is 21.7 Å². The smallest absolute Gasteiger partial charge is 0.333 e. The maximum absolute atomic E-state index is 11.9. The molecule has 20 nitrogen and oxygen atoms in total. The van der Waals surface area contributed by atoms with Crippen LogP contribution in [0.2, 0.25) is 0 Å². The average molecular weight is 1200 g/mol. The Morgan fingerprint density at radius 3 is 1.45 bits per heavy atom. The van der Waals surface area contributed by atoms with Crippen molar-refractivity contribution in [3.63, 3.8) is 0 Å². The third-order valence-corrected chi connectivity index (χ3v) is 16.4. The molecular formula is C66H94N2O18. The number of esters is 2. The highest BCUT2D eigenvalue weighted by Crippen LogP contribution is 2.69. The molecule has 86 heavy (non-hydrogen) atoms. The van der Waals surface area contributed by atoms with Crippen LogP contribution in [0.3, 0.4) is 0 Å². The standard InChI is InChI=1S/C33H47NO10.C33H47NO8/c1-24(35)41-26-16-14-15-25(21-26)32-33(44-43-32,31(4,5)23-40-32)30(2,3)22-39-20-13-11-9-7-6-8-10-12-17-29(38)42-34-27(36)18-19-28(34)37;1-24(35)41-26-16-14-15-25(21-26)30-31(33(4,5)23-40-30)32(2,3)22-39-20-13-11-9-7-6-8-10-12-17-29(38)42-34-27(36)18-19-28(34)37/h14-16,21H,6-13,17-20,22-23H2,1-5H3;14-16,21H,6-13,17-20,22-23H2,1-5H3. The Balaban J connectivity index is 0.000000275. The van der Waals surface area contributed by atoms with E-state index in [1.165, 1.54) is 19.4 Å². The monoisotopic (exact) mass is 1200 g/mol. The summed E-state index contributed by atoms with van der Waals surface area (Å²) in [5.74, 6) is -2.96. The Kier molecular flexibility index (Phi) is 25.1. The van der Waals surface area contributed by atoms with E-state index in [4.69, 9.17) is 47.9 Å². The molecule has 0 radical (unpaired) electrons. The van der Waals surface area contributed by atoms with Crippen molar-refractivity contribution in [3.05, 3.63) is 65.2 Å². The average Bonchev–Trinajstić information content (AvgIpc) is 1.38. The van der Waals surface area contributed by atoms with Crippen LogP contribution in [0.5, 0.6) is 11.5 Å². The number of ether oxygens (including phenoxy) is 6. The van der Waals surface area contributed by atoms with Gasteiger partial charge in [-0.1, -0.05) is 157 Å². The van der Waals surface area contributed by atoms with E-state index in [0.717, 1.165) is 107 Å². The Morgan fingerprint density at radius 1 is 0.547 bits per heavy atom. The minimum Gasteiger partial charge on any atom is -0.492 e. The molecule has 0 aliphatic carbocycles. The SMILES string of the molecule is CC(=O)Oc1cccc(C23OCC(C)(C)C2(C(C)(C)COCCCCCCCCCCC(=O)ON2C(=O)CCC2=O)OO3)c1.CC(=O)Oc1cccc(C2=C(C(C)(C)COCCCCCCCCCCC(=O)ON3C(=O)CCC3=O)C(C)(C)CO2)c1. The van der Waals surface area contributed by atoms with Crippen LogP contribution in [0.25, 0.3) is 5.76 Å². The van der Waals surface area contributed by atoms with E-state index >= 15 is 0 Å². The van der Waals surface area contributed by atoms with Gasteiger partial charge in [-0.25, -0.2) is 14.5 Å². The van der Waals surface area contributed by atoms with Crippen molar-refractivity contribution in [1.82, 2.24) is 10.1 Å². The van der Waals surface area contributed by atoms with Gasteiger partial charge in [-0.2, -0.15) is 4.89 Å². The van der Waals surface area contributed by atoms with Crippen LogP contribution in [0.4, 0.5) is 0 Å². The van der Waals surface area contributed by atoms with Crippen molar-refractivity contribution in [3.8, 4) is 11.5 Å². The van der Waals surface area contributed by atoms with Crippen molar-refractivity contribution in [2.24, 2.45) is 21.7 Å². The zero-order valence-electron chi connectivity index (χ0n) is 52.7. The largest absolute Gasteiger partial charge is 0.492 e. The zero-order chi connectivity index (χ0) is 62.8. The van der Waals surface area contributed by atoms with Crippen molar-refractivity contribution in [2.45, 2.75) is 222 Å². The molecular weight excluding hydrogens is 1110 g/mol. The number of hydroxylamine groups is 4. The number of benzene rings is 2. The molecule has 5 aliphatic heterocycles. The normalized spacial score (nSPS) is 20.5. The lowest BCUT2D eigenvalue weighted by molar-refractivity contribution is -0.628. The van der Waals surface area contributed by atoms with Gasteiger partial charge in [0.25, 0.3) is 29.4 Å². The third kappa shape index (κ3) is 17.8. The Hall–Kier alpha value is -6.06. The van der Waals surface area contributed by atoms with Crippen molar-refractivity contribution >= 4 is 53.3 Å². The van der Waals surface area contributed by atoms with E-state index < -0.39 is 58.3 Å². The molecule has 4 fully saturated rings. The van der Waals surface area contributed by atoms with Crippen LogP contribution in [0.1, 0.15) is 222 Å². The number of carbonyl (C=O) groups is 8. The number of nitrogens with zero attached hydrogens (tertiary/aromatic N) is 2. The van der Waals surface area contributed by atoms with Gasteiger partial charge >= 0.3 is 23.9 Å². The Morgan fingerprint density at radius 2 is 0.988 bits per heavy atom. The number of amides is 4. The van der Waals surface area contributed by atoms with Gasteiger partial charge in [-0.05, 0) is 55.5 Å². The highest BCUT2D eigenvalue weighted by Gasteiger charge is 2.82. The molecule has 2 unspecified atom stereocenters. The number of unbranched alkanes of at least 4 members (excludes halogenated alkanes) is 14. The van der Waals surface area contributed by atoms with Crippen LogP contribution in [0.15, 0.2) is 54.1 Å². The molecule has 0 saturated carbocycles. The lowest BCUT2D eigenvalue weighted by Crippen LogP contribution is -2.74. The first-order chi connectivity index (χ1) is 40.8. The number of hydrogen-bond donors (Lipinski definition) is 0. The van der Waals surface area contributed by atoms with Gasteiger partial charge in [0.15, 0.2) is 5.60 Å². The number of fused-ring (bicyclic) bond motifs is 1. The molecule has 7 rings (SSSR count). The summed E-state index contributed by atoms with van der Waals surface area (Å²) < 4.78 is 35.5. The lowest BCUT2D eigenvalue weighted by atomic mass is 9.57. The van der Waals surface area contributed by atoms with Gasteiger partial charge in [-0.3, -0.25) is 28.8 Å². The van der Waals surface area contributed by atoms with E-state index in [9.17, 15) is 38.4 Å². The van der Waals surface area contributed by atoms with Gasteiger partial charge in [-0.15, -0.1) is 10.1 Å². The Labute approximate surface area is 507 Å². The van der Waals surface area contributed by atoms with E-state index in [2.05, 4.69) is 55.4 Å². The number of imide groups is 2. The topological polar surface area (TPSA) is 235 Å². The second-order valence-corrected chi connectivity index (χ2v) is 25.9. The fourth-order valence-electron chi connectivity index (χ4n) is 12.5. The van der Waals surface area contributed by atoms with E-state index in [1.54, 1.807) is 18.2 Å². The molecule has 2 aromatic rings. The molecule has 2 atom stereocenters. The second-order valence-electron chi connectivity index (χ2n) is 25.9. The number of hydrogen-bond acceptors (Lipinski definition) is 18. The third-order valence-electron chi connectivity index (χ3n) is 16.4. The molecule has 0 N–H and O–H groups in total. The van der Waals surface area contributed by atoms with Crippen LogP contribution < -0.4 is 9.47 Å². The first kappa shape index (κ1) is 69.0. The predicted octanol–water partition coefficient (Wildman–Crippen LogP) is 12.2. The summed E-state index contributed by atoms with van der Waals surface area (Å²) in [5, 5.41) is 1.22. The maximum Gasteiger partial charge on any atom is 0.333 e. The number of rotatable bonds is 34. The molecule has 0 spiro atoms. The van der Waals surface area contributed by atoms with Crippen LogP contribution in [-0.2, 0) is 82.5 Å². The summed E-state index contributed by atoms with van der Waals surface area (Å²) in [4.78, 5) is 114. The summed E-state index contributed by atoms with van der Waals surface area (Å²) in [7, 11) is 0. The summed E-state index contributed by atoms with van der Waals surface area (Å²) in [6.07, 6.45) is 16.9. The predicted molar refractivity (Wildman–Crippen MR) is 315 cm³/mol. The molecule has 0 bridgehead atoms. The minimum absolute atomic E-state index is 0.104. The van der Waals surface area contributed by atoms with E-state index in [0.29, 0.717) is 74.1 Å². The molecule has 4 amide bonds. The summed E-state index contributed by atoms with van der Waals surface area (Å²) in [5.41, 5.74) is 0.762. The first-order valence-corrected chi connectivity index (χ1v) is 31.0. The molecule has 4 saturated heterocycles.